The minimum atomic E-state index is 0.583. The molecule has 4 aromatic heterocycles. The lowest BCUT2D eigenvalue weighted by Gasteiger charge is -2.12. The van der Waals surface area contributed by atoms with Gasteiger partial charge in [-0.2, -0.15) is 9.97 Å². The summed E-state index contributed by atoms with van der Waals surface area (Å²) in [6, 6.07) is 56.6. The van der Waals surface area contributed by atoms with Gasteiger partial charge in [-0.15, -0.1) is 11.3 Å². The molecule has 50 heavy (non-hydrogen) atoms. The molecule has 0 N–H and O–H groups in total. The largest absolute Gasteiger partial charge is 0.276 e. The quantitative estimate of drug-likeness (QED) is 0.185. The molecular weight excluding hydrogens is 631 g/mol. The van der Waals surface area contributed by atoms with Gasteiger partial charge in [0, 0.05) is 48.5 Å². The molecule has 10 rings (SSSR count). The van der Waals surface area contributed by atoms with Crippen molar-refractivity contribution in [2.75, 3.05) is 0 Å². The minimum Gasteiger partial charge on any atom is -0.276 e. The second kappa shape index (κ2) is 11.6. The van der Waals surface area contributed by atoms with Crippen LogP contribution in [0.15, 0.2) is 164 Å². The van der Waals surface area contributed by atoms with Gasteiger partial charge in [-0.1, -0.05) is 133 Å². The van der Waals surface area contributed by atoms with Crippen molar-refractivity contribution in [3.63, 3.8) is 0 Å². The zero-order valence-electron chi connectivity index (χ0n) is 26.7. The molecule has 0 radical (unpaired) electrons. The Labute approximate surface area is 291 Å². The monoisotopic (exact) mass is 657 g/mol. The first-order chi connectivity index (χ1) is 24.8. The van der Waals surface area contributed by atoms with E-state index in [1.54, 1.807) is 0 Å². The summed E-state index contributed by atoms with van der Waals surface area (Å²) in [4.78, 5) is 20.6. The van der Waals surface area contributed by atoms with Crippen molar-refractivity contribution in [2.24, 2.45) is 0 Å². The normalized spacial score (nSPS) is 11.6. The molecule has 0 atom stereocenters. The zero-order chi connectivity index (χ0) is 33.0. The van der Waals surface area contributed by atoms with E-state index in [4.69, 9.17) is 19.9 Å². The van der Waals surface area contributed by atoms with Gasteiger partial charge >= 0.3 is 0 Å². The van der Waals surface area contributed by atoms with Gasteiger partial charge in [0.1, 0.15) is 0 Å². The van der Waals surface area contributed by atoms with Gasteiger partial charge in [-0.25, -0.2) is 9.97 Å². The first-order valence-electron chi connectivity index (χ1n) is 16.6. The molecule has 0 bridgehead atoms. The molecule has 0 aliphatic heterocycles. The van der Waals surface area contributed by atoms with Crippen LogP contribution in [0.3, 0.4) is 0 Å². The molecule has 6 heteroatoms. The van der Waals surface area contributed by atoms with Crippen LogP contribution in [0.1, 0.15) is 0 Å². The number of thiophene rings is 1. The highest BCUT2D eigenvalue weighted by Crippen LogP contribution is 2.42. The molecule has 0 aliphatic rings. The summed E-state index contributed by atoms with van der Waals surface area (Å²) in [7, 11) is 0. The summed E-state index contributed by atoms with van der Waals surface area (Å²) in [5, 5.41) is 4.83. The second-order valence-corrected chi connectivity index (χ2v) is 13.3. The van der Waals surface area contributed by atoms with Crippen LogP contribution in [-0.4, -0.2) is 24.5 Å². The van der Waals surface area contributed by atoms with Gasteiger partial charge in [-0.05, 0) is 30.3 Å². The topological polar surface area (TPSA) is 56.5 Å². The molecule has 0 unspecified atom stereocenters. The van der Waals surface area contributed by atoms with E-state index < -0.39 is 0 Å². The molecule has 0 amide bonds. The highest BCUT2D eigenvalue weighted by atomic mass is 32.1. The van der Waals surface area contributed by atoms with Crippen LogP contribution >= 0.6 is 11.3 Å². The Morgan fingerprint density at radius 1 is 0.400 bits per heavy atom. The molecule has 0 spiro atoms. The Bertz CT molecular complexity index is 2870. The maximum Gasteiger partial charge on any atom is 0.238 e. The lowest BCUT2D eigenvalue weighted by Crippen LogP contribution is -2.06. The summed E-state index contributed by atoms with van der Waals surface area (Å²) >= 11 is 1.82. The summed E-state index contributed by atoms with van der Waals surface area (Å²) in [5.41, 5.74) is 7.88. The van der Waals surface area contributed by atoms with Crippen LogP contribution in [0.4, 0.5) is 0 Å². The zero-order valence-corrected chi connectivity index (χ0v) is 27.5. The Hall–Kier alpha value is -6.50. The summed E-state index contributed by atoms with van der Waals surface area (Å²) in [6.07, 6.45) is 0. The van der Waals surface area contributed by atoms with E-state index in [2.05, 4.69) is 102 Å². The number of benzene rings is 6. The van der Waals surface area contributed by atoms with Crippen LogP contribution in [0, 0.1) is 0 Å². The fourth-order valence-electron chi connectivity index (χ4n) is 6.93. The fourth-order valence-corrected chi connectivity index (χ4v) is 8.17. The molecule has 0 fully saturated rings. The molecule has 0 saturated heterocycles. The van der Waals surface area contributed by atoms with Gasteiger partial charge in [0.05, 0.1) is 27.1 Å². The first kappa shape index (κ1) is 28.5. The van der Waals surface area contributed by atoms with Crippen LogP contribution < -0.4 is 0 Å². The molecule has 10 aromatic rings. The number of rotatable bonds is 5. The number of para-hydroxylation sites is 1. The average molecular weight is 658 g/mol. The number of hydrogen-bond acceptors (Lipinski definition) is 5. The van der Waals surface area contributed by atoms with Crippen molar-refractivity contribution in [1.29, 1.82) is 0 Å². The summed E-state index contributed by atoms with van der Waals surface area (Å²) < 4.78 is 4.71. The Morgan fingerprint density at radius 3 is 1.82 bits per heavy atom. The number of nitrogens with zero attached hydrogens (tertiary/aromatic N) is 5. The number of pyridine rings is 1. The van der Waals surface area contributed by atoms with E-state index in [0.29, 0.717) is 17.6 Å². The number of hydrogen-bond donors (Lipinski definition) is 0. The third-order valence-corrected chi connectivity index (χ3v) is 10.5. The van der Waals surface area contributed by atoms with E-state index in [-0.39, 0.29) is 0 Å². The standard InChI is InChI=1S/C44H27N5S/c1-3-13-28(14-4-1)36-21-12-22-37(45-36)30-17-11-18-31(27-30)43-46-42(29-15-5-2-6-16-29)47-44(48-43)49-38-23-9-7-19-32(38)34-25-26-35-33-20-8-10-24-39(33)50-41(35)40(34)49/h1-27H. The average Bonchev–Trinajstić information content (AvgIpc) is 3.75. The van der Waals surface area contributed by atoms with Gasteiger partial charge in [-0.3, -0.25) is 4.57 Å². The molecule has 234 valence electrons. The van der Waals surface area contributed by atoms with Crippen molar-refractivity contribution in [2.45, 2.75) is 0 Å². The smallest absolute Gasteiger partial charge is 0.238 e. The molecule has 5 nitrogen and oxygen atoms in total. The third kappa shape index (κ3) is 4.69. The molecular formula is C44H27N5S. The van der Waals surface area contributed by atoms with Crippen LogP contribution in [-0.2, 0) is 0 Å². The summed E-state index contributed by atoms with van der Waals surface area (Å²) in [6.45, 7) is 0. The van der Waals surface area contributed by atoms with Crippen molar-refractivity contribution in [1.82, 2.24) is 24.5 Å². The highest BCUT2D eigenvalue weighted by Gasteiger charge is 2.21. The van der Waals surface area contributed by atoms with Crippen LogP contribution in [0.5, 0.6) is 0 Å². The Morgan fingerprint density at radius 2 is 1.00 bits per heavy atom. The number of aromatic nitrogens is 5. The SMILES string of the molecule is c1ccc(-c2cccc(-c3cccc(-c4nc(-c5ccccc5)nc(-n5c6ccccc6c6ccc7c8ccccc8sc7c65)n4)c3)n2)cc1. The van der Waals surface area contributed by atoms with Crippen molar-refractivity contribution < 1.29 is 0 Å². The number of fused-ring (bicyclic) bond motifs is 7. The van der Waals surface area contributed by atoms with Gasteiger partial charge in [0.25, 0.3) is 0 Å². The summed E-state index contributed by atoms with van der Waals surface area (Å²) in [5.74, 6) is 1.80. The minimum absolute atomic E-state index is 0.583. The highest BCUT2D eigenvalue weighted by molar-refractivity contribution is 7.26. The maximum atomic E-state index is 5.26. The molecule has 0 aliphatic carbocycles. The van der Waals surface area contributed by atoms with E-state index >= 15 is 0 Å². The van der Waals surface area contributed by atoms with E-state index in [1.165, 1.54) is 25.6 Å². The predicted molar refractivity (Wildman–Crippen MR) is 207 cm³/mol. The van der Waals surface area contributed by atoms with Gasteiger partial charge in [0.15, 0.2) is 11.6 Å². The van der Waals surface area contributed by atoms with Gasteiger partial charge < -0.3 is 0 Å². The Kier molecular flexibility index (Phi) is 6.60. The lowest BCUT2D eigenvalue weighted by atomic mass is 10.1. The maximum absolute atomic E-state index is 5.26. The molecule has 4 heterocycles. The van der Waals surface area contributed by atoms with Gasteiger partial charge in [0.2, 0.25) is 5.95 Å². The van der Waals surface area contributed by atoms with Crippen LogP contribution in [0.25, 0.3) is 93.2 Å². The molecule has 0 saturated carbocycles. The molecule has 6 aromatic carbocycles. The van der Waals surface area contributed by atoms with Crippen LogP contribution in [0.2, 0.25) is 0 Å². The first-order valence-corrected chi connectivity index (χ1v) is 17.4. The van der Waals surface area contributed by atoms with E-state index in [1.807, 2.05) is 78.1 Å². The lowest BCUT2D eigenvalue weighted by molar-refractivity contribution is 0.955. The van der Waals surface area contributed by atoms with Crippen molar-refractivity contribution >= 4 is 53.3 Å². The fraction of sp³-hybridized carbons (Fsp3) is 0. The van der Waals surface area contributed by atoms with Crippen molar-refractivity contribution in [3.05, 3.63) is 164 Å². The second-order valence-electron chi connectivity index (χ2n) is 12.3. The third-order valence-electron chi connectivity index (χ3n) is 9.27. The predicted octanol–water partition coefficient (Wildman–Crippen LogP) is 11.4. The Balaban J connectivity index is 1.21. The van der Waals surface area contributed by atoms with Crippen molar-refractivity contribution in [3.8, 4) is 51.2 Å². The van der Waals surface area contributed by atoms with E-state index in [0.717, 1.165) is 50.1 Å². The van der Waals surface area contributed by atoms with E-state index in [9.17, 15) is 0 Å².